The van der Waals surface area contributed by atoms with Gasteiger partial charge in [0.25, 0.3) is 0 Å². The van der Waals surface area contributed by atoms with E-state index in [0.29, 0.717) is 6.42 Å². The first-order chi connectivity index (χ1) is 12.7. The van der Waals surface area contributed by atoms with Gasteiger partial charge in [-0.05, 0) is 32.4 Å². The lowest BCUT2D eigenvalue weighted by atomic mass is 9.94. The van der Waals surface area contributed by atoms with E-state index in [0.717, 1.165) is 5.56 Å². The van der Waals surface area contributed by atoms with E-state index < -0.39 is 46.2 Å². The van der Waals surface area contributed by atoms with E-state index in [1.807, 2.05) is 6.92 Å². The van der Waals surface area contributed by atoms with Crippen molar-refractivity contribution in [1.29, 1.82) is 0 Å². The van der Waals surface area contributed by atoms with E-state index in [1.54, 1.807) is 19.1 Å². The van der Waals surface area contributed by atoms with E-state index in [-0.39, 0.29) is 11.5 Å². The van der Waals surface area contributed by atoms with Gasteiger partial charge < -0.3 is 24.4 Å². The molecule has 3 rings (SSSR count). The molecule has 1 aromatic carbocycles. The Balaban J connectivity index is 2.11. The van der Waals surface area contributed by atoms with Crippen molar-refractivity contribution in [2.45, 2.75) is 55.4 Å². The molecule has 0 aromatic heterocycles. The Morgan fingerprint density at radius 3 is 2.26 bits per heavy atom. The van der Waals surface area contributed by atoms with E-state index in [2.05, 4.69) is 0 Å². The fraction of sp³-hybridized carbons (Fsp3) is 0.667. The van der Waals surface area contributed by atoms with Crippen molar-refractivity contribution in [1.82, 2.24) is 4.31 Å². The van der Waals surface area contributed by atoms with Crippen LogP contribution in [0.3, 0.4) is 0 Å². The summed E-state index contributed by atoms with van der Waals surface area (Å²) in [4.78, 5) is 0.102. The molecule has 27 heavy (non-hydrogen) atoms. The second-order valence-corrected chi connectivity index (χ2v) is 8.83. The Kier molecular flexibility index (Phi) is 5.66. The molecule has 0 amide bonds. The van der Waals surface area contributed by atoms with Crippen molar-refractivity contribution in [2.75, 3.05) is 20.8 Å². The Morgan fingerprint density at radius 2 is 1.74 bits per heavy atom. The fourth-order valence-corrected chi connectivity index (χ4v) is 6.19. The number of nitrogens with zero attached hydrogens (tertiary/aromatic N) is 1. The van der Waals surface area contributed by atoms with Crippen LogP contribution < -0.4 is 0 Å². The molecule has 2 bridgehead atoms. The number of methoxy groups -OCH3 is 2. The van der Waals surface area contributed by atoms with Crippen LogP contribution in [0.2, 0.25) is 0 Å². The fourth-order valence-electron chi connectivity index (χ4n) is 4.31. The van der Waals surface area contributed by atoms with Crippen molar-refractivity contribution in [3.8, 4) is 0 Å². The predicted molar refractivity (Wildman–Crippen MR) is 96.3 cm³/mol. The van der Waals surface area contributed by atoms with Gasteiger partial charge in [-0.2, -0.15) is 4.31 Å². The summed E-state index contributed by atoms with van der Waals surface area (Å²) in [7, 11) is -1.26. The van der Waals surface area contributed by atoms with Gasteiger partial charge in [0, 0.05) is 26.7 Å². The van der Waals surface area contributed by atoms with Gasteiger partial charge in [-0.1, -0.05) is 17.7 Å². The molecular weight excluding hydrogens is 374 g/mol. The normalized spacial score (nSPS) is 31.6. The van der Waals surface area contributed by atoms with Gasteiger partial charge in [0.05, 0.1) is 23.1 Å². The summed E-state index contributed by atoms with van der Waals surface area (Å²) >= 11 is 0. The summed E-state index contributed by atoms with van der Waals surface area (Å²) in [6, 6.07) is 4.75. The largest absolute Gasteiger partial charge is 0.390 e. The van der Waals surface area contributed by atoms with Crippen LogP contribution in [0.1, 0.15) is 18.9 Å². The van der Waals surface area contributed by atoms with Gasteiger partial charge in [-0.3, -0.25) is 0 Å². The number of sulfonamides is 1. The maximum absolute atomic E-state index is 13.4. The molecule has 0 radical (unpaired) electrons. The van der Waals surface area contributed by atoms with Gasteiger partial charge in [0.2, 0.25) is 10.0 Å². The topological polar surface area (TPSA) is 106 Å². The quantitative estimate of drug-likeness (QED) is 0.640. The van der Waals surface area contributed by atoms with Crippen molar-refractivity contribution in [2.24, 2.45) is 5.92 Å². The average Bonchev–Trinajstić information content (AvgIpc) is 3.18. The highest BCUT2D eigenvalue weighted by atomic mass is 32.2. The summed E-state index contributed by atoms with van der Waals surface area (Å²) in [5.74, 6) is -2.27. The molecule has 1 saturated heterocycles. The first-order valence-electron chi connectivity index (χ1n) is 8.94. The number of piperidine rings is 1. The molecular formula is C18H27NO7S. The van der Waals surface area contributed by atoms with Crippen LogP contribution in [0.4, 0.5) is 0 Å². The standard InChI is InChI=1S/C18H27NO7S/c1-5-26-18(24-3,25-4)17-13-10-14(16(21)15(13)20)19(17)27(22,23)12-8-6-11(2)7-9-12/h6-9,13-17,20-21H,5,10H2,1-4H3. The lowest BCUT2D eigenvalue weighted by Crippen LogP contribution is -2.65. The van der Waals surface area contributed by atoms with Crippen molar-refractivity contribution in [3.63, 3.8) is 0 Å². The summed E-state index contributed by atoms with van der Waals surface area (Å²) in [5.41, 5.74) is 0.932. The number of aliphatic hydroxyl groups is 2. The number of ether oxygens (including phenoxy) is 3. The van der Waals surface area contributed by atoms with E-state index in [1.165, 1.54) is 30.7 Å². The maximum atomic E-state index is 13.4. The zero-order valence-corrected chi connectivity index (χ0v) is 16.7. The average molecular weight is 401 g/mol. The molecule has 1 saturated carbocycles. The first-order valence-corrected chi connectivity index (χ1v) is 10.4. The summed E-state index contributed by atoms with van der Waals surface area (Å²) in [6.45, 7) is 3.82. The number of fused-ring (bicyclic) bond motifs is 2. The Hall–Kier alpha value is -1.07. The summed E-state index contributed by atoms with van der Waals surface area (Å²) < 4.78 is 44.7. The highest BCUT2D eigenvalue weighted by Crippen LogP contribution is 2.50. The van der Waals surface area contributed by atoms with Gasteiger partial charge in [-0.25, -0.2) is 8.42 Å². The number of rotatable bonds is 7. The van der Waals surface area contributed by atoms with Crippen LogP contribution in [0.15, 0.2) is 29.2 Å². The number of hydrogen-bond donors (Lipinski definition) is 2. The lowest BCUT2D eigenvalue weighted by Gasteiger charge is -2.46. The van der Waals surface area contributed by atoms with Crippen LogP contribution in [-0.2, 0) is 24.2 Å². The molecule has 152 valence electrons. The molecule has 5 unspecified atom stereocenters. The number of benzene rings is 1. The Morgan fingerprint density at radius 1 is 1.15 bits per heavy atom. The minimum Gasteiger partial charge on any atom is -0.390 e. The van der Waals surface area contributed by atoms with Crippen LogP contribution in [0.5, 0.6) is 0 Å². The molecule has 2 aliphatic rings. The SMILES string of the molecule is CCOC(OC)(OC)C1C2CC(C(O)C2O)N1S(=O)(=O)c1ccc(C)cc1. The highest BCUT2D eigenvalue weighted by molar-refractivity contribution is 7.89. The van der Waals surface area contributed by atoms with Crippen LogP contribution >= 0.6 is 0 Å². The molecule has 2 N–H and O–H groups in total. The molecule has 9 heteroatoms. The monoisotopic (exact) mass is 401 g/mol. The Bertz CT molecular complexity index is 762. The number of aryl methyl sites for hydroxylation is 1. The third-order valence-corrected chi connectivity index (χ3v) is 7.50. The summed E-state index contributed by atoms with van der Waals surface area (Å²) in [6.07, 6.45) is -1.98. The molecule has 1 heterocycles. The Labute approximate surface area is 159 Å². The second-order valence-electron chi connectivity index (χ2n) is 6.99. The molecule has 0 spiro atoms. The molecule has 1 aliphatic carbocycles. The van der Waals surface area contributed by atoms with Crippen molar-refractivity contribution >= 4 is 10.0 Å². The number of hydrogen-bond acceptors (Lipinski definition) is 7. The minimum atomic E-state index is -3.99. The summed E-state index contributed by atoms with van der Waals surface area (Å²) in [5, 5.41) is 20.8. The van der Waals surface area contributed by atoms with Crippen LogP contribution in [0, 0.1) is 12.8 Å². The second kappa shape index (κ2) is 7.40. The highest BCUT2D eigenvalue weighted by Gasteiger charge is 2.67. The zero-order chi connectivity index (χ0) is 20.0. The molecule has 8 nitrogen and oxygen atoms in total. The number of aliphatic hydroxyl groups excluding tert-OH is 2. The van der Waals surface area contributed by atoms with E-state index >= 15 is 0 Å². The molecule has 1 aliphatic heterocycles. The maximum Gasteiger partial charge on any atom is 0.300 e. The van der Waals surface area contributed by atoms with Crippen LogP contribution in [0.25, 0.3) is 0 Å². The lowest BCUT2D eigenvalue weighted by molar-refractivity contribution is -0.388. The van der Waals surface area contributed by atoms with Gasteiger partial charge in [0.15, 0.2) is 0 Å². The van der Waals surface area contributed by atoms with Crippen molar-refractivity contribution < 1.29 is 32.8 Å². The van der Waals surface area contributed by atoms with E-state index in [4.69, 9.17) is 14.2 Å². The smallest absolute Gasteiger partial charge is 0.300 e. The third kappa shape index (κ3) is 3.11. The van der Waals surface area contributed by atoms with E-state index in [9.17, 15) is 18.6 Å². The molecule has 2 fully saturated rings. The van der Waals surface area contributed by atoms with Gasteiger partial charge >= 0.3 is 5.97 Å². The zero-order valence-electron chi connectivity index (χ0n) is 15.9. The van der Waals surface area contributed by atoms with Gasteiger partial charge in [-0.15, -0.1) is 0 Å². The third-order valence-electron chi connectivity index (χ3n) is 5.58. The molecule has 1 aromatic rings. The van der Waals surface area contributed by atoms with Crippen molar-refractivity contribution in [3.05, 3.63) is 29.8 Å². The minimum absolute atomic E-state index is 0.102. The van der Waals surface area contributed by atoms with Crippen LogP contribution in [-0.4, -0.2) is 74.0 Å². The van der Waals surface area contributed by atoms with Gasteiger partial charge in [0.1, 0.15) is 6.04 Å². The molecule has 5 atom stereocenters. The predicted octanol–water partition coefficient (Wildman–Crippen LogP) is 0.461. The first kappa shape index (κ1) is 20.7.